The van der Waals surface area contributed by atoms with Crippen LogP contribution in [0.5, 0.6) is 5.75 Å². The number of hydrogen-bond acceptors (Lipinski definition) is 5. The number of carboxylic acid groups (broad SMARTS) is 1. The average molecular weight is 739 g/mol. The van der Waals surface area contributed by atoms with Crippen LogP contribution >= 0.6 is 68.4 Å². The number of benzene rings is 2. The molecule has 3 N–H and O–H groups in total. The van der Waals surface area contributed by atoms with Crippen molar-refractivity contribution in [2.45, 2.75) is 36.2 Å². The van der Waals surface area contributed by atoms with Gasteiger partial charge in [0.15, 0.2) is 0 Å². The molecule has 1 aliphatic rings. The van der Waals surface area contributed by atoms with Gasteiger partial charge in [-0.3, -0.25) is 4.79 Å². The minimum Gasteiger partial charge on any atom is -0.506 e. The molecule has 33 heavy (non-hydrogen) atoms. The molecule has 1 aliphatic heterocycles. The fraction of sp³-hybridized carbons (Fsp3) is 0.300. The van der Waals surface area contributed by atoms with Crippen LogP contribution in [-0.2, 0) is 26.0 Å². The maximum Gasteiger partial charge on any atom is 0.326 e. The Hall–Kier alpha value is -0.870. The maximum atomic E-state index is 13.2. The topological polar surface area (TPSA) is 124 Å². The summed E-state index contributed by atoms with van der Waals surface area (Å²) in [5.41, 5.74) is 0.610. The van der Waals surface area contributed by atoms with E-state index in [9.17, 15) is 28.2 Å². The molecule has 0 unspecified atom stereocenters. The zero-order valence-electron chi connectivity index (χ0n) is 16.8. The summed E-state index contributed by atoms with van der Waals surface area (Å²) in [7, 11) is -4.08. The molecule has 0 aromatic heterocycles. The fourth-order valence-electron chi connectivity index (χ4n) is 3.54. The van der Waals surface area contributed by atoms with Crippen molar-refractivity contribution >= 4 is 90.3 Å². The van der Waals surface area contributed by atoms with Gasteiger partial charge in [-0.05, 0) is 93.9 Å². The second-order valence-electron chi connectivity index (χ2n) is 7.39. The first-order chi connectivity index (χ1) is 15.4. The van der Waals surface area contributed by atoms with Gasteiger partial charge in [0.05, 0.1) is 12.0 Å². The summed E-state index contributed by atoms with van der Waals surface area (Å²) >= 11 is 15.8. The zero-order chi connectivity index (χ0) is 24.5. The highest BCUT2D eigenvalue weighted by Gasteiger charge is 2.40. The molecule has 1 amide bonds. The van der Waals surface area contributed by atoms with Crippen molar-refractivity contribution < 1.29 is 28.2 Å². The van der Waals surface area contributed by atoms with E-state index in [1.54, 1.807) is 12.1 Å². The lowest BCUT2D eigenvalue weighted by molar-refractivity contribution is -0.142. The van der Waals surface area contributed by atoms with Crippen LogP contribution in [0, 0.1) is 7.14 Å². The molecule has 0 spiro atoms. The van der Waals surface area contributed by atoms with Crippen molar-refractivity contribution in [1.29, 1.82) is 0 Å². The molecule has 2 atom stereocenters. The molecule has 0 bridgehead atoms. The Morgan fingerprint density at radius 1 is 1.12 bits per heavy atom. The predicted molar refractivity (Wildman–Crippen MR) is 140 cm³/mol. The number of rotatable bonds is 7. The summed E-state index contributed by atoms with van der Waals surface area (Å²) in [5.74, 6) is -1.85. The normalized spacial score (nSPS) is 17.6. The molecule has 0 saturated carbocycles. The molecule has 1 saturated heterocycles. The Bertz CT molecular complexity index is 1170. The third-order valence-electron chi connectivity index (χ3n) is 5.08. The smallest absolute Gasteiger partial charge is 0.326 e. The van der Waals surface area contributed by atoms with Crippen LogP contribution in [-0.4, -0.2) is 53.4 Å². The van der Waals surface area contributed by atoms with Gasteiger partial charge in [-0.1, -0.05) is 23.2 Å². The monoisotopic (exact) mass is 738 g/mol. The quantitative estimate of drug-likeness (QED) is 0.371. The van der Waals surface area contributed by atoms with Crippen LogP contribution in [0.3, 0.4) is 0 Å². The van der Waals surface area contributed by atoms with Gasteiger partial charge in [0.1, 0.15) is 17.8 Å². The largest absolute Gasteiger partial charge is 0.506 e. The van der Waals surface area contributed by atoms with Crippen molar-refractivity contribution in [3.05, 3.63) is 53.1 Å². The minimum absolute atomic E-state index is 0.0310. The molecule has 2 aromatic carbocycles. The number of amides is 1. The Labute approximate surface area is 228 Å². The molecule has 8 nitrogen and oxygen atoms in total. The molecule has 1 heterocycles. The summed E-state index contributed by atoms with van der Waals surface area (Å²) in [6, 6.07) is 4.84. The van der Waals surface area contributed by atoms with Crippen molar-refractivity contribution in [2.75, 3.05) is 6.54 Å². The Morgan fingerprint density at radius 2 is 1.70 bits per heavy atom. The van der Waals surface area contributed by atoms with Gasteiger partial charge in [0.2, 0.25) is 15.9 Å². The summed E-state index contributed by atoms with van der Waals surface area (Å²) in [4.78, 5) is 24.7. The number of carbonyl (C=O) groups is 2. The standard InChI is InChI=1S/C20H18Cl2I2N2O6S/c21-11-7-12(22)9-13(8-11)33(31,32)26-3-1-2-17(26)19(28)25-16(20(29)30)6-10-4-14(23)18(27)15(24)5-10/h4-5,7-9,16-17,27H,1-3,6H2,(H,25,28)(H,29,30)/t16-,17-/m0/s1. The molecular weight excluding hydrogens is 721 g/mol. The van der Waals surface area contributed by atoms with Crippen LogP contribution in [0.1, 0.15) is 18.4 Å². The van der Waals surface area contributed by atoms with Gasteiger partial charge < -0.3 is 15.5 Å². The first-order valence-corrected chi connectivity index (χ1v) is 13.9. The van der Waals surface area contributed by atoms with Crippen molar-refractivity contribution in [2.24, 2.45) is 0 Å². The van der Waals surface area contributed by atoms with Gasteiger partial charge in [0, 0.05) is 23.0 Å². The number of halogens is 4. The number of hydrogen-bond donors (Lipinski definition) is 3. The molecule has 0 aliphatic carbocycles. The number of phenols is 1. The number of aliphatic carboxylic acids is 1. The predicted octanol–water partition coefficient (Wildman–Crippen LogP) is 3.87. The number of nitrogens with one attached hydrogen (secondary N) is 1. The molecule has 178 valence electrons. The number of carbonyl (C=O) groups excluding carboxylic acids is 1. The first kappa shape index (κ1) is 26.7. The lowest BCUT2D eigenvalue weighted by atomic mass is 10.1. The van der Waals surface area contributed by atoms with Crippen LogP contribution in [0.15, 0.2) is 35.2 Å². The Kier molecular flexibility index (Phi) is 8.76. The van der Waals surface area contributed by atoms with Crippen LogP contribution < -0.4 is 5.32 Å². The van der Waals surface area contributed by atoms with Gasteiger partial charge in [-0.15, -0.1) is 0 Å². The van der Waals surface area contributed by atoms with E-state index in [1.165, 1.54) is 18.2 Å². The third-order valence-corrected chi connectivity index (χ3v) is 9.05. The van der Waals surface area contributed by atoms with E-state index in [0.29, 0.717) is 19.1 Å². The number of sulfonamides is 1. The lowest BCUT2D eigenvalue weighted by Gasteiger charge is -2.25. The van der Waals surface area contributed by atoms with E-state index in [0.717, 1.165) is 4.31 Å². The fourth-order valence-corrected chi connectivity index (χ4v) is 7.82. The van der Waals surface area contributed by atoms with Gasteiger partial charge in [0.25, 0.3) is 0 Å². The van der Waals surface area contributed by atoms with Crippen LogP contribution in [0.25, 0.3) is 0 Å². The molecular formula is C20H18Cl2I2N2O6S. The Balaban J connectivity index is 1.81. The summed E-state index contributed by atoms with van der Waals surface area (Å²) in [6.07, 6.45) is 0.662. The SMILES string of the molecule is O=C(O)[C@H](Cc1cc(I)c(O)c(I)c1)NC(=O)[C@@H]1CCCN1S(=O)(=O)c1cc(Cl)cc(Cl)c1. The Morgan fingerprint density at radius 3 is 2.24 bits per heavy atom. The highest BCUT2D eigenvalue weighted by Crippen LogP contribution is 2.30. The number of nitrogens with zero attached hydrogens (tertiary/aromatic N) is 1. The van der Waals surface area contributed by atoms with Gasteiger partial charge in [-0.2, -0.15) is 4.31 Å². The van der Waals surface area contributed by atoms with E-state index in [-0.39, 0.29) is 40.1 Å². The summed E-state index contributed by atoms with van der Waals surface area (Å²) < 4.78 is 28.5. The molecule has 0 radical (unpaired) electrons. The van der Waals surface area contributed by atoms with E-state index in [4.69, 9.17) is 23.2 Å². The number of carboxylic acids is 1. The molecule has 1 fully saturated rings. The van der Waals surface area contributed by atoms with Crippen molar-refractivity contribution in [3.8, 4) is 5.75 Å². The third kappa shape index (κ3) is 6.23. The van der Waals surface area contributed by atoms with Crippen LogP contribution in [0.2, 0.25) is 10.0 Å². The second kappa shape index (κ2) is 10.8. The molecule has 2 aromatic rings. The van der Waals surface area contributed by atoms with E-state index >= 15 is 0 Å². The lowest BCUT2D eigenvalue weighted by Crippen LogP contribution is -2.51. The molecule has 3 rings (SSSR count). The van der Waals surface area contributed by atoms with E-state index in [1.807, 2.05) is 45.2 Å². The van der Waals surface area contributed by atoms with E-state index in [2.05, 4.69) is 5.32 Å². The van der Waals surface area contributed by atoms with Crippen molar-refractivity contribution in [1.82, 2.24) is 9.62 Å². The van der Waals surface area contributed by atoms with Gasteiger partial charge >= 0.3 is 5.97 Å². The van der Waals surface area contributed by atoms with Crippen molar-refractivity contribution in [3.63, 3.8) is 0 Å². The summed E-state index contributed by atoms with van der Waals surface area (Å²) in [5, 5.41) is 22.3. The van der Waals surface area contributed by atoms with E-state index < -0.39 is 34.0 Å². The second-order valence-corrected chi connectivity index (χ2v) is 12.5. The minimum atomic E-state index is -4.08. The average Bonchev–Trinajstić information content (AvgIpc) is 3.21. The maximum absolute atomic E-state index is 13.2. The highest BCUT2D eigenvalue weighted by molar-refractivity contribution is 14.1. The highest BCUT2D eigenvalue weighted by atomic mass is 127. The molecule has 13 heteroatoms. The zero-order valence-corrected chi connectivity index (χ0v) is 23.4. The number of aromatic hydroxyl groups is 1. The van der Waals surface area contributed by atoms with Crippen LogP contribution in [0.4, 0.5) is 0 Å². The van der Waals surface area contributed by atoms with Gasteiger partial charge in [-0.25, -0.2) is 13.2 Å². The first-order valence-electron chi connectivity index (χ1n) is 9.58. The number of phenolic OH excluding ortho intramolecular Hbond substituents is 1. The summed E-state index contributed by atoms with van der Waals surface area (Å²) in [6.45, 7) is 0.108.